The maximum Gasteiger partial charge on any atom is 0.261 e. The zero-order valence-corrected chi connectivity index (χ0v) is 19.8. The lowest BCUT2D eigenvalue weighted by Gasteiger charge is -2.43. The fourth-order valence-corrected chi connectivity index (χ4v) is 8.63. The molecule has 0 amide bonds. The molecule has 0 spiro atoms. The first kappa shape index (κ1) is 21.4. The van der Waals surface area contributed by atoms with Gasteiger partial charge in [-0.25, -0.2) is 0 Å². The van der Waals surface area contributed by atoms with Crippen molar-refractivity contribution in [1.29, 1.82) is 0 Å². The van der Waals surface area contributed by atoms with E-state index in [1.54, 1.807) is 0 Å². The molecule has 140 valence electrons. The Hall–Kier alpha value is -0.913. The predicted molar refractivity (Wildman–Crippen MR) is 125 cm³/mol. The third-order valence-electron chi connectivity index (χ3n) is 4.86. The Kier molecular flexibility index (Phi) is 7.68. The smallest absolute Gasteiger partial charge is 0.261 e. The molecule has 1 nitrogen and oxygen atoms in total. The highest BCUT2D eigenvalue weighted by molar-refractivity contribution is 14.1. The Labute approximate surface area is 174 Å². The van der Waals surface area contributed by atoms with Crippen LogP contribution in [0.3, 0.4) is 0 Å². The largest absolute Gasteiger partial charge is 0.407 e. The number of halogens is 1. The van der Waals surface area contributed by atoms with Gasteiger partial charge >= 0.3 is 0 Å². The summed E-state index contributed by atoms with van der Waals surface area (Å²) in [5.41, 5.74) is 1.42. The van der Waals surface area contributed by atoms with E-state index < -0.39 is 8.32 Å². The Morgan fingerprint density at radius 1 is 1.00 bits per heavy atom. The molecule has 0 fully saturated rings. The SMILES string of the molecule is C/C(=C\I)CC(C)CO[Si](c1ccccc1)(c1ccccc1)C(C)(C)C. The summed E-state index contributed by atoms with van der Waals surface area (Å²) in [5.74, 6) is 0.502. The Bertz CT molecular complexity index is 664. The first-order chi connectivity index (χ1) is 12.3. The van der Waals surface area contributed by atoms with Crippen LogP contribution in [0.4, 0.5) is 0 Å². The van der Waals surface area contributed by atoms with Gasteiger partial charge in [-0.2, -0.15) is 0 Å². The summed E-state index contributed by atoms with van der Waals surface area (Å²) >= 11 is 2.33. The Morgan fingerprint density at radius 3 is 1.85 bits per heavy atom. The summed E-state index contributed by atoms with van der Waals surface area (Å²) < 4.78 is 9.16. The van der Waals surface area contributed by atoms with Crippen LogP contribution in [0, 0.1) is 5.92 Å². The fraction of sp³-hybridized carbons (Fsp3) is 0.391. The van der Waals surface area contributed by atoms with Crippen molar-refractivity contribution in [2.24, 2.45) is 5.92 Å². The maximum absolute atomic E-state index is 6.98. The summed E-state index contributed by atoms with van der Waals surface area (Å²) in [6.45, 7) is 12.3. The molecule has 2 aromatic rings. The van der Waals surface area contributed by atoms with Gasteiger partial charge in [0, 0.05) is 6.61 Å². The van der Waals surface area contributed by atoms with Crippen LogP contribution in [-0.4, -0.2) is 14.9 Å². The van der Waals surface area contributed by atoms with Crippen LogP contribution in [0.15, 0.2) is 70.3 Å². The minimum atomic E-state index is -2.39. The summed E-state index contributed by atoms with van der Waals surface area (Å²) in [7, 11) is -2.39. The molecule has 2 aromatic carbocycles. The number of hydrogen-bond donors (Lipinski definition) is 0. The monoisotopic (exact) mass is 478 g/mol. The van der Waals surface area contributed by atoms with E-state index in [2.05, 4.69) is 122 Å². The highest BCUT2D eigenvalue weighted by Gasteiger charge is 2.50. The second-order valence-corrected chi connectivity index (χ2v) is 13.2. The zero-order valence-electron chi connectivity index (χ0n) is 16.6. The van der Waals surface area contributed by atoms with E-state index in [4.69, 9.17) is 4.43 Å². The maximum atomic E-state index is 6.98. The van der Waals surface area contributed by atoms with E-state index in [9.17, 15) is 0 Å². The molecule has 26 heavy (non-hydrogen) atoms. The molecule has 0 aromatic heterocycles. The summed E-state index contributed by atoms with van der Waals surface area (Å²) in [6, 6.07) is 21.8. The lowest BCUT2D eigenvalue weighted by Crippen LogP contribution is -2.66. The fourth-order valence-electron chi connectivity index (χ4n) is 3.68. The minimum Gasteiger partial charge on any atom is -0.407 e. The van der Waals surface area contributed by atoms with Gasteiger partial charge in [0.2, 0.25) is 0 Å². The standard InChI is InChI=1S/C23H31IOSi/c1-19(17-24)16-20(2)18-25-26(23(3,4)5,21-12-8-6-9-13-21)22-14-10-7-11-15-22/h6-15,17,20H,16,18H2,1-5H3/b19-17+. The molecule has 0 heterocycles. The van der Waals surface area contributed by atoms with Crippen LogP contribution in [0.2, 0.25) is 5.04 Å². The topological polar surface area (TPSA) is 9.23 Å². The van der Waals surface area contributed by atoms with Crippen LogP contribution < -0.4 is 10.4 Å². The molecular weight excluding hydrogens is 447 g/mol. The quantitative estimate of drug-likeness (QED) is 0.354. The minimum absolute atomic E-state index is 0.0452. The lowest BCUT2D eigenvalue weighted by atomic mass is 10.1. The van der Waals surface area contributed by atoms with Gasteiger partial charge in [0.05, 0.1) is 0 Å². The Morgan fingerprint density at radius 2 is 1.46 bits per heavy atom. The van der Waals surface area contributed by atoms with Crippen LogP contribution in [0.25, 0.3) is 0 Å². The van der Waals surface area contributed by atoms with E-state index in [0.717, 1.165) is 13.0 Å². The average molecular weight is 478 g/mol. The van der Waals surface area contributed by atoms with Crippen molar-refractivity contribution in [2.75, 3.05) is 6.61 Å². The molecule has 0 saturated carbocycles. The van der Waals surface area contributed by atoms with Crippen molar-refractivity contribution >= 4 is 41.3 Å². The van der Waals surface area contributed by atoms with Gasteiger partial charge < -0.3 is 4.43 Å². The van der Waals surface area contributed by atoms with E-state index in [-0.39, 0.29) is 5.04 Å². The van der Waals surface area contributed by atoms with Gasteiger partial charge in [0.15, 0.2) is 0 Å². The van der Waals surface area contributed by atoms with Gasteiger partial charge in [-0.1, -0.05) is 117 Å². The van der Waals surface area contributed by atoms with Gasteiger partial charge in [0.1, 0.15) is 0 Å². The van der Waals surface area contributed by atoms with Crippen molar-refractivity contribution in [2.45, 2.75) is 46.1 Å². The molecule has 0 radical (unpaired) electrons. The first-order valence-electron chi connectivity index (χ1n) is 9.32. The van der Waals surface area contributed by atoms with Crippen LogP contribution in [0.1, 0.15) is 41.0 Å². The molecular formula is C23H31IOSi. The number of rotatable bonds is 7. The molecule has 0 bridgehead atoms. The second kappa shape index (κ2) is 9.33. The van der Waals surface area contributed by atoms with Crippen LogP contribution in [0.5, 0.6) is 0 Å². The Balaban J connectivity index is 2.47. The van der Waals surface area contributed by atoms with Crippen molar-refractivity contribution < 1.29 is 4.43 Å². The first-order valence-corrected chi connectivity index (χ1v) is 12.5. The zero-order chi connectivity index (χ0) is 19.2. The summed E-state index contributed by atoms with van der Waals surface area (Å²) in [4.78, 5) is 0. The third-order valence-corrected chi connectivity index (χ3v) is 10.9. The molecule has 3 heteroatoms. The average Bonchev–Trinajstić information content (AvgIpc) is 2.62. The van der Waals surface area contributed by atoms with E-state index >= 15 is 0 Å². The number of benzene rings is 2. The molecule has 1 unspecified atom stereocenters. The van der Waals surface area contributed by atoms with E-state index in [0.29, 0.717) is 5.92 Å². The molecule has 0 aliphatic rings. The molecule has 0 aliphatic heterocycles. The molecule has 0 saturated heterocycles. The number of allylic oxidation sites excluding steroid dienone is 1. The van der Waals surface area contributed by atoms with Crippen LogP contribution in [-0.2, 0) is 4.43 Å². The third kappa shape index (κ3) is 4.87. The van der Waals surface area contributed by atoms with E-state index in [1.165, 1.54) is 15.9 Å². The highest BCUT2D eigenvalue weighted by atomic mass is 127. The molecule has 2 rings (SSSR count). The van der Waals surface area contributed by atoms with Crippen molar-refractivity contribution in [3.63, 3.8) is 0 Å². The summed E-state index contributed by atoms with van der Waals surface area (Å²) in [6.07, 6.45) is 1.08. The van der Waals surface area contributed by atoms with Crippen molar-refractivity contribution in [1.82, 2.24) is 0 Å². The van der Waals surface area contributed by atoms with Gasteiger partial charge in [-0.3, -0.25) is 0 Å². The second-order valence-electron chi connectivity index (χ2n) is 8.24. The van der Waals surface area contributed by atoms with Crippen molar-refractivity contribution in [3.8, 4) is 0 Å². The number of hydrogen-bond acceptors (Lipinski definition) is 1. The normalized spacial score (nSPS) is 14.3. The molecule has 0 aliphatic carbocycles. The van der Waals surface area contributed by atoms with Gasteiger partial charge in [0.25, 0.3) is 8.32 Å². The predicted octanol–water partition coefficient (Wildman–Crippen LogP) is 5.93. The lowest BCUT2D eigenvalue weighted by molar-refractivity contribution is 0.244. The van der Waals surface area contributed by atoms with Crippen LogP contribution >= 0.6 is 22.6 Å². The molecule has 1 atom stereocenters. The highest BCUT2D eigenvalue weighted by Crippen LogP contribution is 2.37. The van der Waals surface area contributed by atoms with E-state index in [1.807, 2.05) is 0 Å². The van der Waals surface area contributed by atoms with Gasteiger partial charge in [-0.05, 0) is 38.8 Å². The van der Waals surface area contributed by atoms with Crippen molar-refractivity contribution in [3.05, 3.63) is 70.3 Å². The molecule has 0 N–H and O–H groups in total. The summed E-state index contributed by atoms with van der Waals surface area (Å²) in [5, 5.41) is 2.75. The van der Waals surface area contributed by atoms with Gasteiger partial charge in [-0.15, -0.1) is 0 Å².